The minimum Gasteiger partial charge on any atom is -0.296 e. The largest absolute Gasteiger partial charge is 0.296 e. The summed E-state index contributed by atoms with van der Waals surface area (Å²) in [5.74, 6) is -0.208. The third kappa shape index (κ3) is 3.45. The first-order valence-electron chi connectivity index (χ1n) is 7.60. The van der Waals surface area contributed by atoms with Gasteiger partial charge in [-0.25, -0.2) is 4.39 Å². The highest BCUT2D eigenvalue weighted by molar-refractivity contribution is 5.97. The van der Waals surface area contributed by atoms with E-state index in [9.17, 15) is 9.18 Å². The highest BCUT2D eigenvalue weighted by Gasteiger charge is 2.31. The van der Waals surface area contributed by atoms with Gasteiger partial charge in [0.1, 0.15) is 5.82 Å². The normalized spacial score (nSPS) is 18.9. The molecule has 0 atom stereocenters. The van der Waals surface area contributed by atoms with Crippen molar-refractivity contribution in [2.75, 3.05) is 19.6 Å². The number of halogens is 1. The van der Waals surface area contributed by atoms with Crippen molar-refractivity contribution in [3.05, 3.63) is 35.6 Å². The number of benzene rings is 1. The Morgan fingerprint density at radius 1 is 1.15 bits per heavy atom. The Labute approximate surface area is 121 Å². The van der Waals surface area contributed by atoms with E-state index in [0.717, 1.165) is 13.1 Å². The first-order valence-corrected chi connectivity index (χ1v) is 7.60. The lowest BCUT2D eigenvalue weighted by atomic mass is 9.74. The Morgan fingerprint density at radius 2 is 1.70 bits per heavy atom. The van der Waals surface area contributed by atoms with Gasteiger partial charge in [-0.2, -0.15) is 0 Å². The molecule has 0 bridgehead atoms. The number of nitrogens with zero attached hydrogens (tertiary/aromatic N) is 1. The van der Waals surface area contributed by atoms with Crippen molar-refractivity contribution in [2.45, 2.75) is 39.5 Å². The second-order valence-electron chi connectivity index (χ2n) is 5.91. The van der Waals surface area contributed by atoms with Crippen molar-refractivity contribution in [2.24, 2.45) is 5.41 Å². The van der Waals surface area contributed by atoms with E-state index in [4.69, 9.17) is 0 Å². The van der Waals surface area contributed by atoms with Gasteiger partial charge in [0.25, 0.3) is 0 Å². The molecular weight excluding hydrogens is 253 g/mol. The van der Waals surface area contributed by atoms with Gasteiger partial charge in [0.15, 0.2) is 5.78 Å². The predicted octanol–water partition coefficient (Wildman–Crippen LogP) is 3.91. The molecule has 0 saturated carbocycles. The number of rotatable bonds is 5. The highest BCUT2D eigenvalue weighted by atomic mass is 19.1. The molecule has 0 aromatic heterocycles. The molecule has 1 saturated heterocycles. The summed E-state index contributed by atoms with van der Waals surface area (Å²) in [6, 6.07) is 5.85. The zero-order valence-electron chi connectivity index (χ0n) is 12.5. The number of Topliss-reactive ketones (excluding diaryl/α,β-unsaturated/α-hetero) is 1. The molecule has 3 heteroatoms. The van der Waals surface area contributed by atoms with Gasteiger partial charge in [-0.05, 0) is 55.6 Å². The molecule has 0 radical (unpaired) electrons. The summed E-state index contributed by atoms with van der Waals surface area (Å²) in [4.78, 5) is 14.4. The topological polar surface area (TPSA) is 20.3 Å². The molecule has 1 aromatic rings. The van der Waals surface area contributed by atoms with Crippen molar-refractivity contribution in [3.63, 3.8) is 0 Å². The van der Waals surface area contributed by atoms with E-state index in [1.54, 1.807) is 12.1 Å². The lowest BCUT2D eigenvalue weighted by molar-refractivity contribution is 0.0756. The molecule has 0 aliphatic carbocycles. The van der Waals surface area contributed by atoms with Crippen molar-refractivity contribution >= 4 is 5.78 Å². The summed E-state index contributed by atoms with van der Waals surface area (Å²) in [5, 5.41) is 0. The molecule has 2 rings (SSSR count). The van der Waals surface area contributed by atoms with Crippen LogP contribution in [0.1, 0.15) is 49.9 Å². The van der Waals surface area contributed by atoms with Crippen molar-refractivity contribution in [1.82, 2.24) is 4.90 Å². The first-order chi connectivity index (χ1) is 9.58. The van der Waals surface area contributed by atoms with E-state index in [1.165, 1.54) is 37.8 Å². The second kappa shape index (κ2) is 6.49. The quantitative estimate of drug-likeness (QED) is 0.761. The molecule has 0 spiro atoms. The first kappa shape index (κ1) is 15.2. The van der Waals surface area contributed by atoms with Crippen LogP contribution in [0.4, 0.5) is 4.39 Å². The number of likely N-dealkylation sites (tertiary alicyclic amines) is 1. The van der Waals surface area contributed by atoms with E-state index < -0.39 is 0 Å². The molecule has 2 nitrogen and oxygen atoms in total. The summed E-state index contributed by atoms with van der Waals surface area (Å²) in [5.41, 5.74) is 1.09. The van der Waals surface area contributed by atoms with Gasteiger partial charge in [-0.1, -0.05) is 26.7 Å². The van der Waals surface area contributed by atoms with Crippen LogP contribution in [-0.2, 0) is 0 Å². The zero-order valence-corrected chi connectivity index (χ0v) is 12.5. The SMILES string of the molecule is CCC1(CC)CCN(CC(=O)c2ccc(F)cc2)CC1. The zero-order chi connectivity index (χ0) is 14.6. The van der Waals surface area contributed by atoms with E-state index in [0.29, 0.717) is 17.5 Å². The maximum Gasteiger partial charge on any atom is 0.176 e. The Kier molecular flexibility index (Phi) is 4.92. The number of hydrogen-bond donors (Lipinski definition) is 0. The van der Waals surface area contributed by atoms with E-state index >= 15 is 0 Å². The Morgan fingerprint density at radius 3 is 2.20 bits per heavy atom. The van der Waals surface area contributed by atoms with Crippen LogP contribution in [0.3, 0.4) is 0 Å². The van der Waals surface area contributed by atoms with Gasteiger partial charge < -0.3 is 0 Å². The summed E-state index contributed by atoms with van der Waals surface area (Å²) < 4.78 is 12.9. The van der Waals surface area contributed by atoms with Crippen LogP contribution in [0.2, 0.25) is 0 Å². The van der Waals surface area contributed by atoms with Crippen molar-refractivity contribution < 1.29 is 9.18 Å². The molecule has 1 aliphatic heterocycles. The number of ketones is 1. The Hall–Kier alpha value is -1.22. The minimum absolute atomic E-state index is 0.0884. The third-order valence-corrected chi connectivity index (χ3v) is 4.95. The predicted molar refractivity (Wildman–Crippen MR) is 79.4 cm³/mol. The molecule has 0 unspecified atom stereocenters. The summed E-state index contributed by atoms with van der Waals surface area (Å²) in [6.07, 6.45) is 4.81. The smallest absolute Gasteiger partial charge is 0.176 e. The fourth-order valence-electron chi connectivity index (χ4n) is 3.07. The van der Waals surface area contributed by atoms with E-state index in [2.05, 4.69) is 18.7 Å². The van der Waals surface area contributed by atoms with Crippen LogP contribution < -0.4 is 0 Å². The molecule has 110 valence electrons. The average molecular weight is 277 g/mol. The van der Waals surface area contributed by atoms with Crippen LogP contribution in [-0.4, -0.2) is 30.3 Å². The summed E-state index contributed by atoms with van der Waals surface area (Å²) in [6.45, 7) is 6.98. The fourth-order valence-corrected chi connectivity index (χ4v) is 3.07. The van der Waals surface area contributed by atoms with Gasteiger partial charge >= 0.3 is 0 Å². The molecule has 0 amide bonds. The van der Waals surface area contributed by atoms with Crippen LogP contribution in [0.15, 0.2) is 24.3 Å². The summed E-state index contributed by atoms with van der Waals surface area (Å²) in [7, 11) is 0. The average Bonchev–Trinajstić information content (AvgIpc) is 2.49. The van der Waals surface area contributed by atoms with Crippen molar-refractivity contribution in [3.8, 4) is 0 Å². The lowest BCUT2D eigenvalue weighted by Gasteiger charge is -2.40. The molecular formula is C17H24FNO. The molecule has 1 aliphatic rings. The van der Waals surface area contributed by atoms with Crippen LogP contribution in [0.25, 0.3) is 0 Å². The van der Waals surface area contributed by atoms with Gasteiger partial charge in [0.2, 0.25) is 0 Å². The Balaban J connectivity index is 1.89. The molecule has 1 fully saturated rings. The van der Waals surface area contributed by atoms with Gasteiger partial charge in [0, 0.05) is 5.56 Å². The van der Waals surface area contributed by atoms with Crippen molar-refractivity contribution in [1.29, 1.82) is 0 Å². The molecule has 20 heavy (non-hydrogen) atoms. The maximum atomic E-state index is 12.9. The van der Waals surface area contributed by atoms with Gasteiger partial charge in [0.05, 0.1) is 6.54 Å². The van der Waals surface area contributed by atoms with Crippen LogP contribution >= 0.6 is 0 Å². The molecule has 1 heterocycles. The standard InChI is InChI=1S/C17H24FNO/c1-3-17(4-2)9-11-19(12-10-17)13-16(20)14-5-7-15(18)8-6-14/h5-8H,3-4,9-13H2,1-2H3. The molecule has 1 aromatic carbocycles. The molecule has 0 N–H and O–H groups in total. The number of carbonyl (C=O) groups is 1. The van der Waals surface area contributed by atoms with Gasteiger partial charge in [-0.3, -0.25) is 9.69 Å². The van der Waals surface area contributed by atoms with Crippen LogP contribution in [0, 0.1) is 11.2 Å². The van der Waals surface area contributed by atoms with Crippen LogP contribution in [0.5, 0.6) is 0 Å². The maximum absolute atomic E-state index is 12.9. The number of carbonyl (C=O) groups excluding carboxylic acids is 1. The summed E-state index contributed by atoms with van der Waals surface area (Å²) >= 11 is 0. The Bertz CT molecular complexity index is 441. The fraction of sp³-hybridized carbons (Fsp3) is 0.588. The second-order valence-corrected chi connectivity index (χ2v) is 5.91. The number of piperidine rings is 1. The van der Waals surface area contributed by atoms with Gasteiger partial charge in [-0.15, -0.1) is 0 Å². The number of hydrogen-bond acceptors (Lipinski definition) is 2. The highest BCUT2D eigenvalue weighted by Crippen LogP contribution is 2.37. The third-order valence-electron chi connectivity index (χ3n) is 4.95. The lowest BCUT2D eigenvalue weighted by Crippen LogP contribution is -2.41. The monoisotopic (exact) mass is 277 g/mol. The van der Waals surface area contributed by atoms with E-state index in [-0.39, 0.29) is 11.6 Å². The van der Waals surface area contributed by atoms with E-state index in [1.807, 2.05) is 0 Å². The minimum atomic E-state index is -0.296.